The lowest BCUT2D eigenvalue weighted by molar-refractivity contribution is -0.128. The SMILES string of the molecule is Cc1cc(Cl)ccc1N(CC(=O)NCc1ccccc1CN1CCCC1=O)S(=O)(=O)c1ccccc1. The molecule has 0 spiro atoms. The minimum atomic E-state index is -4.01. The van der Waals surface area contributed by atoms with E-state index in [1.165, 1.54) is 12.1 Å². The van der Waals surface area contributed by atoms with Crippen LogP contribution in [0.25, 0.3) is 0 Å². The van der Waals surface area contributed by atoms with E-state index in [4.69, 9.17) is 11.6 Å². The number of halogens is 1. The zero-order valence-corrected chi connectivity index (χ0v) is 21.6. The van der Waals surface area contributed by atoms with Crippen LogP contribution < -0.4 is 9.62 Å². The summed E-state index contributed by atoms with van der Waals surface area (Å²) in [7, 11) is -4.01. The third-order valence-corrected chi connectivity index (χ3v) is 8.18. The van der Waals surface area contributed by atoms with E-state index in [1.807, 2.05) is 29.2 Å². The van der Waals surface area contributed by atoms with Gasteiger partial charge in [0.2, 0.25) is 11.8 Å². The van der Waals surface area contributed by atoms with Crippen molar-refractivity contribution in [1.29, 1.82) is 0 Å². The first kappa shape index (κ1) is 25.7. The van der Waals surface area contributed by atoms with E-state index in [-0.39, 0.29) is 17.3 Å². The van der Waals surface area contributed by atoms with Gasteiger partial charge in [-0.05, 0) is 60.4 Å². The van der Waals surface area contributed by atoms with E-state index in [0.29, 0.717) is 29.2 Å². The Hall–Kier alpha value is -3.36. The number of hydrogen-bond acceptors (Lipinski definition) is 4. The molecule has 1 saturated heterocycles. The summed E-state index contributed by atoms with van der Waals surface area (Å²) >= 11 is 6.09. The second kappa shape index (κ2) is 11.1. The molecule has 2 amide bonds. The van der Waals surface area contributed by atoms with Gasteiger partial charge < -0.3 is 10.2 Å². The number of anilines is 1. The van der Waals surface area contributed by atoms with Crippen molar-refractivity contribution in [2.24, 2.45) is 0 Å². The quantitative estimate of drug-likeness (QED) is 0.451. The maximum Gasteiger partial charge on any atom is 0.264 e. The molecule has 7 nitrogen and oxygen atoms in total. The van der Waals surface area contributed by atoms with Gasteiger partial charge in [-0.15, -0.1) is 0 Å². The van der Waals surface area contributed by atoms with Crippen LogP contribution in [0.1, 0.15) is 29.5 Å². The molecule has 0 unspecified atom stereocenters. The lowest BCUT2D eigenvalue weighted by Gasteiger charge is -2.26. The Kier molecular flexibility index (Phi) is 7.96. The van der Waals surface area contributed by atoms with Gasteiger partial charge in [0.05, 0.1) is 10.6 Å². The van der Waals surface area contributed by atoms with Crippen molar-refractivity contribution in [2.45, 2.75) is 37.8 Å². The van der Waals surface area contributed by atoms with Crippen molar-refractivity contribution in [1.82, 2.24) is 10.2 Å². The Morgan fingerprint density at radius 3 is 2.39 bits per heavy atom. The molecule has 9 heteroatoms. The number of aryl methyl sites for hydroxylation is 1. The lowest BCUT2D eigenvalue weighted by atomic mass is 10.1. The molecule has 1 heterocycles. The number of carbonyl (C=O) groups excluding carboxylic acids is 2. The lowest BCUT2D eigenvalue weighted by Crippen LogP contribution is -2.41. The van der Waals surface area contributed by atoms with Gasteiger partial charge in [-0.2, -0.15) is 0 Å². The fraction of sp³-hybridized carbons (Fsp3) is 0.259. The second-order valence-corrected chi connectivity index (χ2v) is 11.0. The minimum absolute atomic E-state index is 0.0905. The third-order valence-electron chi connectivity index (χ3n) is 6.17. The molecule has 188 valence electrons. The summed E-state index contributed by atoms with van der Waals surface area (Å²) in [6, 6.07) is 20.5. The number of benzene rings is 3. The summed E-state index contributed by atoms with van der Waals surface area (Å²) in [6.07, 6.45) is 1.42. The summed E-state index contributed by atoms with van der Waals surface area (Å²) in [6.45, 7) is 2.79. The van der Waals surface area contributed by atoms with Crippen LogP contribution in [-0.2, 0) is 32.7 Å². The first-order valence-corrected chi connectivity index (χ1v) is 13.5. The van der Waals surface area contributed by atoms with Crippen LogP contribution in [0.3, 0.4) is 0 Å². The van der Waals surface area contributed by atoms with Crippen molar-refractivity contribution in [3.05, 3.63) is 94.5 Å². The first-order chi connectivity index (χ1) is 17.3. The van der Waals surface area contributed by atoms with Crippen molar-refractivity contribution in [2.75, 3.05) is 17.4 Å². The number of amides is 2. The highest BCUT2D eigenvalue weighted by atomic mass is 35.5. The van der Waals surface area contributed by atoms with Crippen molar-refractivity contribution < 1.29 is 18.0 Å². The predicted octanol–water partition coefficient (Wildman–Crippen LogP) is 4.28. The summed E-state index contributed by atoms with van der Waals surface area (Å²) in [5, 5.41) is 3.33. The highest BCUT2D eigenvalue weighted by Gasteiger charge is 2.28. The van der Waals surface area contributed by atoms with Gasteiger partial charge in [0.25, 0.3) is 10.0 Å². The molecule has 1 fully saturated rings. The van der Waals surface area contributed by atoms with E-state index in [2.05, 4.69) is 5.32 Å². The van der Waals surface area contributed by atoms with Crippen molar-refractivity contribution in [3.8, 4) is 0 Å². The van der Waals surface area contributed by atoms with Crippen LogP contribution in [0.4, 0.5) is 5.69 Å². The molecule has 0 saturated carbocycles. The monoisotopic (exact) mass is 525 g/mol. The zero-order chi connectivity index (χ0) is 25.7. The highest BCUT2D eigenvalue weighted by Crippen LogP contribution is 2.29. The molecule has 3 aromatic rings. The van der Waals surface area contributed by atoms with Crippen LogP contribution >= 0.6 is 11.6 Å². The Labute approximate surface area is 216 Å². The molecule has 1 N–H and O–H groups in total. The standard InChI is InChI=1S/C27H28ClN3O4S/c1-20-16-23(28)13-14-25(20)31(36(34,35)24-10-3-2-4-11-24)19-26(32)29-17-21-8-5-6-9-22(21)18-30-15-7-12-27(30)33/h2-6,8-11,13-14,16H,7,12,15,17-19H2,1H3,(H,29,32). The Morgan fingerprint density at radius 2 is 1.72 bits per heavy atom. The van der Waals surface area contributed by atoms with Crippen LogP contribution in [0.2, 0.25) is 5.02 Å². The molecule has 0 atom stereocenters. The first-order valence-electron chi connectivity index (χ1n) is 11.7. The number of nitrogens with one attached hydrogen (secondary N) is 1. The molecule has 1 aliphatic heterocycles. The van der Waals surface area contributed by atoms with Crippen LogP contribution in [0.5, 0.6) is 0 Å². The zero-order valence-electron chi connectivity index (χ0n) is 20.0. The topological polar surface area (TPSA) is 86.8 Å². The van der Waals surface area contributed by atoms with Crippen LogP contribution in [0.15, 0.2) is 77.7 Å². The summed E-state index contributed by atoms with van der Waals surface area (Å²) in [5.74, 6) is -0.315. The maximum atomic E-state index is 13.5. The third kappa shape index (κ3) is 5.88. The van der Waals surface area contributed by atoms with Crippen LogP contribution in [0, 0.1) is 6.92 Å². The fourth-order valence-corrected chi connectivity index (χ4v) is 5.99. The highest BCUT2D eigenvalue weighted by molar-refractivity contribution is 7.92. The molecule has 0 radical (unpaired) electrons. The van der Waals surface area contributed by atoms with Crippen LogP contribution in [-0.4, -0.2) is 38.2 Å². The minimum Gasteiger partial charge on any atom is -0.350 e. The fourth-order valence-electron chi connectivity index (χ4n) is 4.26. The Bertz CT molecular complexity index is 1360. The van der Waals surface area contributed by atoms with Crippen molar-refractivity contribution >= 4 is 39.1 Å². The molecule has 0 aromatic heterocycles. The molecule has 0 aliphatic carbocycles. The Morgan fingerprint density at radius 1 is 1.03 bits per heavy atom. The number of hydrogen-bond donors (Lipinski definition) is 1. The predicted molar refractivity (Wildman–Crippen MR) is 140 cm³/mol. The van der Waals surface area contributed by atoms with E-state index in [1.54, 1.807) is 43.3 Å². The van der Waals surface area contributed by atoms with Gasteiger partial charge in [-0.25, -0.2) is 8.42 Å². The van der Waals surface area contributed by atoms with E-state index in [0.717, 1.165) is 28.4 Å². The van der Waals surface area contributed by atoms with Gasteiger partial charge in [0.15, 0.2) is 0 Å². The largest absolute Gasteiger partial charge is 0.350 e. The van der Waals surface area contributed by atoms with Gasteiger partial charge in [-0.3, -0.25) is 13.9 Å². The number of carbonyl (C=O) groups is 2. The normalized spacial score (nSPS) is 13.6. The number of nitrogens with zero attached hydrogens (tertiary/aromatic N) is 2. The maximum absolute atomic E-state index is 13.5. The van der Waals surface area contributed by atoms with Gasteiger partial charge in [0, 0.05) is 31.1 Å². The van der Waals surface area contributed by atoms with Gasteiger partial charge >= 0.3 is 0 Å². The van der Waals surface area contributed by atoms with Gasteiger partial charge in [-0.1, -0.05) is 54.1 Å². The molecule has 3 aromatic carbocycles. The number of sulfonamides is 1. The Balaban J connectivity index is 1.54. The smallest absolute Gasteiger partial charge is 0.264 e. The average Bonchev–Trinajstić information content (AvgIpc) is 3.27. The summed E-state index contributed by atoms with van der Waals surface area (Å²) < 4.78 is 28.2. The van der Waals surface area contributed by atoms with E-state index >= 15 is 0 Å². The number of rotatable bonds is 9. The molecular weight excluding hydrogens is 498 g/mol. The molecule has 1 aliphatic rings. The second-order valence-electron chi connectivity index (χ2n) is 8.72. The molecule has 36 heavy (non-hydrogen) atoms. The molecule has 0 bridgehead atoms. The van der Waals surface area contributed by atoms with E-state index in [9.17, 15) is 18.0 Å². The number of likely N-dealkylation sites (tertiary alicyclic amines) is 1. The average molecular weight is 526 g/mol. The summed E-state index contributed by atoms with van der Waals surface area (Å²) in [4.78, 5) is 27.0. The van der Waals surface area contributed by atoms with E-state index < -0.39 is 22.5 Å². The van der Waals surface area contributed by atoms with Gasteiger partial charge in [0.1, 0.15) is 6.54 Å². The summed E-state index contributed by atoms with van der Waals surface area (Å²) in [5.41, 5.74) is 2.85. The van der Waals surface area contributed by atoms with Crippen molar-refractivity contribution in [3.63, 3.8) is 0 Å². The molecular formula is C27H28ClN3O4S. The molecule has 4 rings (SSSR count).